The Morgan fingerprint density at radius 3 is 2.37 bits per heavy atom. The van der Waals surface area contributed by atoms with Crippen molar-refractivity contribution in [1.82, 2.24) is 4.98 Å². The molecule has 1 amide bonds. The molecule has 0 spiro atoms. The fourth-order valence-electron chi connectivity index (χ4n) is 4.91. The number of hydrogen-bond donors (Lipinski definition) is 1. The second kappa shape index (κ2) is 10.7. The number of fused-ring (bicyclic) bond motifs is 1. The van der Waals surface area contributed by atoms with Gasteiger partial charge in [-0.3, -0.25) is 10.1 Å². The van der Waals surface area contributed by atoms with E-state index in [0.29, 0.717) is 33.8 Å². The van der Waals surface area contributed by atoms with E-state index in [1.165, 1.54) is 6.07 Å². The second-order valence-electron chi connectivity index (χ2n) is 9.87. The monoisotopic (exact) mass is 570 g/mol. The van der Waals surface area contributed by atoms with Crippen LogP contribution in [0.4, 0.5) is 14.9 Å². The maximum absolute atomic E-state index is 14.1. The molecule has 0 bridgehead atoms. The number of nitrogens with zero attached hydrogens (tertiary/aromatic N) is 1. The highest BCUT2D eigenvalue weighted by Crippen LogP contribution is 2.49. The molecule has 1 N–H and O–H groups in total. The molecule has 1 atom stereocenters. The smallest absolute Gasteiger partial charge is 0.412 e. The third-order valence-electron chi connectivity index (χ3n) is 7.24. The Morgan fingerprint density at radius 2 is 1.71 bits per heavy atom. The van der Waals surface area contributed by atoms with Crippen LogP contribution in [0.15, 0.2) is 89.5 Å². The van der Waals surface area contributed by atoms with E-state index < -0.39 is 23.6 Å². The van der Waals surface area contributed by atoms with Gasteiger partial charge in [-0.25, -0.2) is 14.2 Å². The molecule has 3 aromatic carbocycles. The average molecular weight is 571 g/mol. The average Bonchev–Trinajstić information content (AvgIpc) is 3.69. The van der Waals surface area contributed by atoms with E-state index in [0.717, 1.165) is 35.7 Å². The molecule has 1 saturated carbocycles. The van der Waals surface area contributed by atoms with Crippen LogP contribution >= 0.6 is 11.6 Å². The van der Waals surface area contributed by atoms with Crippen molar-refractivity contribution < 1.29 is 27.9 Å². The van der Waals surface area contributed by atoms with Gasteiger partial charge < -0.3 is 13.9 Å². The van der Waals surface area contributed by atoms with Gasteiger partial charge in [0.25, 0.3) is 6.47 Å². The molecule has 206 valence electrons. The molecule has 7 nitrogen and oxygen atoms in total. The van der Waals surface area contributed by atoms with E-state index in [-0.39, 0.29) is 11.4 Å². The van der Waals surface area contributed by atoms with Gasteiger partial charge in [-0.05, 0) is 48.6 Å². The van der Waals surface area contributed by atoms with E-state index in [1.54, 1.807) is 31.2 Å². The Balaban J connectivity index is 1.27. The molecule has 1 aliphatic carbocycles. The Morgan fingerprint density at radius 1 is 1.05 bits per heavy atom. The second-order valence-corrected chi connectivity index (χ2v) is 10.3. The summed E-state index contributed by atoms with van der Waals surface area (Å²) in [4.78, 5) is 27.8. The number of ether oxygens (including phenoxy) is 2. The van der Waals surface area contributed by atoms with E-state index in [4.69, 9.17) is 25.5 Å². The van der Waals surface area contributed by atoms with E-state index in [9.17, 15) is 14.0 Å². The first-order chi connectivity index (χ1) is 19.9. The van der Waals surface area contributed by atoms with Crippen molar-refractivity contribution in [3.8, 4) is 22.5 Å². The van der Waals surface area contributed by atoms with Crippen LogP contribution in [0.5, 0.6) is 0 Å². The van der Waals surface area contributed by atoms with Gasteiger partial charge in [-0.1, -0.05) is 78.3 Å². The summed E-state index contributed by atoms with van der Waals surface area (Å²) in [5, 5.41) is 3.50. The van der Waals surface area contributed by atoms with Crippen molar-refractivity contribution in [1.29, 1.82) is 0 Å². The van der Waals surface area contributed by atoms with Crippen LogP contribution in [0.1, 0.15) is 37.0 Å². The molecule has 0 radical (unpaired) electrons. The lowest BCUT2D eigenvalue weighted by atomic mass is 9.99. The summed E-state index contributed by atoms with van der Waals surface area (Å²) >= 11 is 6.25. The van der Waals surface area contributed by atoms with Gasteiger partial charge in [0.15, 0.2) is 5.76 Å². The van der Waals surface area contributed by atoms with Gasteiger partial charge in [0, 0.05) is 16.1 Å². The maximum atomic E-state index is 14.1. The molecular formula is C32H24ClFN2O5. The predicted molar refractivity (Wildman–Crippen MR) is 153 cm³/mol. The zero-order chi connectivity index (χ0) is 28.6. The summed E-state index contributed by atoms with van der Waals surface area (Å²) in [6.07, 6.45) is 1.30. The number of pyridine rings is 1. The fourth-order valence-corrected chi connectivity index (χ4v) is 5.19. The number of carbonyl (C=O) groups excluding carboxylic acids is 2. The van der Waals surface area contributed by atoms with E-state index >= 15 is 0 Å². The van der Waals surface area contributed by atoms with Crippen LogP contribution in [-0.4, -0.2) is 17.5 Å². The van der Waals surface area contributed by atoms with Crippen LogP contribution in [0.2, 0.25) is 5.02 Å². The summed E-state index contributed by atoms with van der Waals surface area (Å²) in [5.74, 6) is -0.264. The van der Waals surface area contributed by atoms with Gasteiger partial charge in [-0.2, -0.15) is 0 Å². The molecule has 6 rings (SSSR count). The van der Waals surface area contributed by atoms with E-state index in [2.05, 4.69) is 10.3 Å². The molecule has 0 saturated heterocycles. The Labute approximate surface area is 239 Å². The molecule has 1 fully saturated rings. The molecule has 5 aromatic rings. The zero-order valence-electron chi connectivity index (χ0n) is 21.9. The quantitative estimate of drug-likeness (QED) is 0.188. The first-order valence-corrected chi connectivity index (χ1v) is 13.4. The van der Waals surface area contributed by atoms with Crippen molar-refractivity contribution >= 4 is 41.0 Å². The van der Waals surface area contributed by atoms with Crippen LogP contribution in [0.3, 0.4) is 0 Å². The highest BCUT2D eigenvalue weighted by molar-refractivity contribution is 6.31. The molecule has 2 aromatic heterocycles. The largest absolute Gasteiger partial charge is 0.456 e. The van der Waals surface area contributed by atoms with Crippen LogP contribution in [0, 0.1) is 5.82 Å². The Bertz CT molecular complexity index is 1750. The van der Waals surface area contributed by atoms with Crippen molar-refractivity contribution in [3.05, 3.63) is 107 Å². The predicted octanol–water partition coefficient (Wildman–Crippen LogP) is 8.43. The number of hydrogen-bond acceptors (Lipinski definition) is 6. The highest BCUT2D eigenvalue weighted by Gasteiger charge is 2.46. The molecule has 0 aliphatic heterocycles. The van der Waals surface area contributed by atoms with Gasteiger partial charge in [0.05, 0.1) is 11.6 Å². The van der Waals surface area contributed by atoms with Gasteiger partial charge in [0.2, 0.25) is 5.71 Å². The van der Waals surface area contributed by atoms with Crippen LogP contribution in [-0.2, 0) is 19.9 Å². The fraction of sp³-hybridized carbons (Fsp3) is 0.156. The number of amides is 1. The minimum atomic E-state index is -0.755. The van der Waals surface area contributed by atoms with Crippen LogP contribution < -0.4 is 5.32 Å². The highest BCUT2D eigenvalue weighted by atomic mass is 35.5. The number of anilines is 1. The molecule has 1 aliphatic rings. The summed E-state index contributed by atoms with van der Waals surface area (Å²) in [5.41, 5.74) is 4.12. The minimum Gasteiger partial charge on any atom is -0.456 e. The molecule has 41 heavy (non-hydrogen) atoms. The number of benzene rings is 3. The normalized spacial score (nSPS) is 14.3. The number of aromatic nitrogens is 1. The van der Waals surface area contributed by atoms with Crippen LogP contribution in [0.25, 0.3) is 33.6 Å². The van der Waals surface area contributed by atoms with E-state index in [1.807, 2.05) is 48.5 Å². The molecule has 0 unspecified atom stereocenters. The minimum absolute atomic E-state index is 0.169. The maximum Gasteiger partial charge on any atom is 0.412 e. The van der Waals surface area contributed by atoms with Crippen molar-refractivity contribution in [3.63, 3.8) is 0 Å². The number of nitrogens with one attached hydrogen (secondary N) is 1. The first kappa shape index (κ1) is 26.5. The van der Waals surface area contributed by atoms with Crippen molar-refractivity contribution in [2.75, 3.05) is 5.32 Å². The lowest BCUT2D eigenvalue weighted by molar-refractivity contribution is -0.136. The third kappa shape index (κ3) is 5.26. The van der Waals surface area contributed by atoms with Crippen molar-refractivity contribution in [2.24, 2.45) is 0 Å². The number of rotatable bonds is 8. The number of carbonyl (C=O) groups is 2. The van der Waals surface area contributed by atoms with Gasteiger partial charge >= 0.3 is 6.09 Å². The Hall–Kier alpha value is -4.69. The standard InChI is InChI=1S/C32H24ClFN2O5/c1-19(25-4-2-3-5-27(25)33)40-31(38)36-28-26-16-24(34)17-35-30(26)41-29(28)22-8-6-20(7-9-22)21-10-12-23(13-11-21)32(14-15-32)39-18-37/h2-13,16-19H,14-15H2,1H3,(H,36,38)/t19-/m1/s1. The van der Waals surface area contributed by atoms with Crippen molar-refractivity contribution in [2.45, 2.75) is 31.5 Å². The van der Waals surface area contributed by atoms with Gasteiger partial charge in [-0.15, -0.1) is 0 Å². The summed E-state index contributed by atoms with van der Waals surface area (Å²) in [6.45, 7) is 2.21. The topological polar surface area (TPSA) is 90.7 Å². The number of furan rings is 1. The first-order valence-electron chi connectivity index (χ1n) is 13.0. The molecule has 2 heterocycles. The lowest BCUT2D eigenvalue weighted by Crippen LogP contribution is -2.16. The molecule has 9 heteroatoms. The molecular weight excluding hydrogens is 547 g/mol. The third-order valence-corrected chi connectivity index (χ3v) is 7.58. The van der Waals surface area contributed by atoms with Gasteiger partial charge in [0.1, 0.15) is 23.2 Å². The summed E-state index contributed by atoms with van der Waals surface area (Å²) in [7, 11) is 0. The SMILES string of the molecule is C[C@@H](OC(=O)Nc1c(-c2ccc(-c3ccc(C4(OC=O)CC4)cc3)cc2)oc2ncc(F)cc12)c1ccccc1Cl. The summed E-state index contributed by atoms with van der Waals surface area (Å²) < 4.78 is 31.0. The number of halogens is 2. The Kier molecular flexibility index (Phi) is 6.93. The zero-order valence-corrected chi connectivity index (χ0v) is 22.7. The summed E-state index contributed by atoms with van der Waals surface area (Å²) in [6, 6.07) is 23.8. The lowest BCUT2D eigenvalue weighted by Gasteiger charge is -2.15.